The monoisotopic (exact) mass is 464 g/mol. The van der Waals surface area contributed by atoms with E-state index in [2.05, 4.69) is 14.9 Å². The summed E-state index contributed by atoms with van der Waals surface area (Å²) in [7, 11) is 0. The lowest BCUT2D eigenvalue weighted by molar-refractivity contribution is -0.138. The summed E-state index contributed by atoms with van der Waals surface area (Å²) in [5.41, 5.74) is 2.29. The number of nitrogens with one attached hydrogen (secondary N) is 1. The Morgan fingerprint density at radius 1 is 1.18 bits per heavy atom. The fourth-order valence-corrected chi connectivity index (χ4v) is 6.13. The van der Waals surface area contributed by atoms with Crippen LogP contribution in [0, 0.1) is 17.7 Å². The van der Waals surface area contributed by atoms with Gasteiger partial charge >= 0.3 is 5.97 Å². The van der Waals surface area contributed by atoms with Gasteiger partial charge in [0.15, 0.2) is 0 Å². The molecule has 2 aliphatic carbocycles. The molecule has 1 aliphatic heterocycles. The third kappa shape index (κ3) is 4.15. The van der Waals surface area contributed by atoms with Gasteiger partial charge in [-0.15, -0.1) is 0 Å². The summed E-state index contributed by atoms with van der Waals surface area (Å²) < 4.78 is 20.0. The number of pyridine rings is 1. The fourth-order valence-electron chi connectivity index (χ4n) is 6.13. The number of nitrogens with zero attached hydrogens (tertiary/aromatic N) is 3. The Morgan fingerprint density at radius 2 is 2.03 bits per heavy atom. The summed E-state index contributed by atoms with van der Waals surface area (Å²) in [6.45, 7) is 0.958. The second-order valence-corrected chi connectivity index (χ2v) is 10.1. The molecular formula is C26H29FN4O3. The van der Waals surface area contributed by atoms with Crippen LogP contribution in [0.3, 0.4) is 0 Å². The molecule has 2 saturated carbocycles. The molecule has 1 unspecified atom stereocenters. The number of hydrogen-bond donors (Lipinski definition) is 2. The normalized spacial score (nSPS) is 28.6. The summed E-state index contributed by atoms with van der Waals surface area (Å²) in [6.07, 6.45) is 8.74. The molecular weight excluding hydrogens is 435 g/mol. The van der Waals surface area contributed by atoms with Gasteiger partial charge in [0.25, 0.3) is 0 Å². The first-order chi connectivity index (χ1) is 16.5. The number of aromatic nitrogens is 3. The molecule has 0 amide bonds. The molecule has 3 fully saturated rings. The second kappa shape index (κ2) is 8.65. The molecule has 178 valence electrons. The predicted octanol–water partition coefficient (Wildman–Crippen LogP) is 4.78. The number of carboxylic acids is 1. The van der Waals surface area contributed by atoms with Crippen LogP contribution in [-0.4, -0.2) is 50.8 Å². The molecule has 1 saturated heterocycles. The number of imidazole rings is 1. The van der Waals surface area contributed by atoms with Gasteiger partial charge in [-0.3, -0.25) is 4.79 Å². The van der Waals surface area contributed by atoms with Crippen LogP contribution in [0.1, 0.15) is 44.9 Å². The van der Waals surface area contributed by atoms with Gasteiger partial charge in [-0.05, 0) is 74.8 Å². The second-order valence-electron chi connectivity index (χ2n) is 10.1. The topological polar surface area (TPSA) is 91.3 Å². The molecule has 0 radical (unpaired) electrons. The first-order valence-corrected chi connectivity index (χ1v) is 12.3. The van der Waals surface area contributed by atoms with Crippen LogP contribution in [0.2, 0.25) is 0 Å². The van der Waals surface area contributed by atoms with Crippen molar-refractivity contribution in [2.24, 2.45) is 11.8 Å². The van der Waals surface area contributed by atoms with Crippen molar-refractivity contribution in [1.29, 1.82) is 0 Å². The van der Waals surface area contributed by atoms with Crippen LogP contribution in [0.4, 0.5) is 10.2 Å². The molecule has 1 aromatic carbocycles. The van der Waals surface area contributed by atoms with Gasteiger partial charge in [-0.1, -0.05) is 0 Å². The van der Waals surface area contributed by atoms with Crippen LogP contribution in [0.5, 0.6) is 0 Å². The third-order valence-electron chi connectivity index (χ3n) is 7.86. The zero-order valence-electron chi connectivity index (χ0n) is 19.0. The van der Waals surface area contributed by atoms with Crippen molar-refractivity contribution in [2.45, 2.75) is 63.2 Å². The lowest BCUT2D eigenvalue weighted by Gasteiger charge is -2.36. The van der Waals surface area contributed by atoms with E-state index in [0.29, 0.717) is 35.3 Å². The highest BCUT2D eigenvalue weighted by atomic mass is 19.1. The molecule has 3 atom stereocenters. The van der Waals surface area contributed by atoms with Crippen LogP contribution in [-0.2, 0) is 9.53 Å². The number of anilines is 1. The average Bonchev–Trinajstić information content (AvgIpc) is 3.54. The molecule has 3 aromatic rings. The highest BCUT2D eigenvalue weighted by Gasteiger charge is 2.46. The maximum absolute atomic E-state index is 13.5. The number of ether oxygens (including phenoxy) is 1. The molecule has 2 aromatic heterocycles. The summed E-state index contributed by atoms with van der Waals surface area (Å²) in [5.74, 6) is 1.52. The zero-order valence-corrected chi connectivity index (χ0v) is 19.0. The van der Waals surface area contributed by atoms with Crippen molar-refractivity contribution in [3.63, 3.8) is 0 Å². The van der Waals surface area contributed by atoms with E-state index in [-0.39, 0.29) is 18.3 Å². The highest BCUT2D eigenvalue weighted by Crippen LogP contribution is 2.43. The van der Waals surface area contributed by atoms with Gasteiger partial charge in [0.2, 0.25) is 0 Å². The number of hydrogen-bond acceptors (Lipinski definition) is 5. The van der Waals surface area contributed by atoms with Crippen LogP contribution >= 0.6 is 0 Å². The Morgan fingerprint density at radius 3 is 2.74 bits per heavy atom. The van der Waals surface area contributed by atoms with Crippen molar-refractivity contribution in [3.05, 3.63) is 42.3 Å². The predicted molar refractivity (Wildman–Crippen MR) is 126 cm³/mol. The van der Waals surface area contributed by atoms with Crippen molar-refractivity contribution >= 4 is 22.8 Å². The van der Waals surface area contributed by atoms with Gasteiger partial charge in [0, 0.05) is 36.7 Å². The zero-order chi connectivity index (χ0) is 23.2. The first kappa shape index (κ1) is 21.5. The maximum Gasteiger partial charge on any atom is 0.303 e. The third-order valence-corrected chi connectivity index (χ3v) is 7.86. The van der Waals surface area contributed by atoms with E-state index in [1.807, 2.05) is 18.3 Å². The first-order valence-electron chi connectivity index (χ1n) is 12.3. The number of aliphatic carboxylic acids is 1. The number of piperidine rings is 1. The average molecular weight is 465 g/mol. The molecule has 7 nitrogen and oxygen atoms in total. The fraction of sp³-hybridized carbons (Fsp3) is 0.500. The van der Waals surface area contributed by atoms with Crippen molar-refractivity contribution < 1.29 is 19.0 Å². The van der Waals surface area contributed by atoms with E-state index in [9.17, 15) is 9.18 Å². The van der Waals surface area contributed by atoms with Crippen molar-refractivity contribution in [2.75, 3.05) is 11.4 Å². The minimum Gasteiger partial charge on any atom is -0.481 e. The van der Waals surface area contributed by atoms with Crippen molar-refractivity contribution in [3.8, 4) is 11.4 Å². The summed E-state index contributed by atoms with van der Waals surface area (Å²) in [5, 5.41) is 9.01. The summed E-state index contributed by atoms with van der Waals surface area (Å²) in [4.78, 5) is 25.8. The minimum atomic E-state index is -0.688. The Balaban J connectivity index is 1.06. The van der Waals surface area contributed by atoms with Gasteiger partial charge in [0.1, 0.15) is 17.5 Å². The number of carbonyl (C=O) groups is 1. The van der Waals surface area contributed by atoms with Gasteiger partial charge in [0.05, 0.1) is 23.2 Å². The smallest absolute Gasteiger partial charge is 0.303 e. The van der Waals surface area contributed by atoms with E-state index in [1.165, 1.54) is 12.1 Å². The minimum absolute atomic E-state index is 0.275. The Kier molecular flexibility index (Phi) is 5.48. The largest absolute Gasteiger partial charge is 0.481 e. The number of fused-ring (bicyclic) bond motifs is 3. The number of H-pyrrole nitrogens is 1. The lowest BCUT2D eigenvalue weighted by atomic mass is 9.85. The quantitative estimate of drug-likeness (QED) is 0.546. The van der Waals surface area contributed by atoms with E-state index < -0.39 is 5.97 Å². The van der Waals surface area contributed by atoms with E-state index >= 15 is 0 Å². The van der Waals surface area contributed by atoms with Gasteiger partial charge < -0.3 is 19.7 Å². The molecule has 3 aliphatic rings. The molecule has 3 heterocycles. The lowest BCUT2D eigenvalue weighted by Crippen LogP contribution is -2.40. The SMILES string of the molecule is O=C(O)CC1CCC(OC2C[C@H]3C[C@@H]2CN3c2ccc(-c3nc4ccc(F)cc4[nH]3)cn2)CC1. The van der Waals surface area contributed by atoms with Gasteiger partial charge in [-0.2, -0.15) is 0 Å². The Bertz CT molecular complexity index is 1190. The van der Waals surface area contributed by atoms with Crippen LogP contribution in [0.15, 0.2) is 36.5 Å². The molecule has 34 heavy (non-hydrogen) atoms. The van der Waals surface area contributed by atoms with E-state index in [1.54, 1.807) is 6.07 Å². The van der Waals surface area contributed by atoms with E-state index in [4.69, 9.17) is 14.8 Å². The Hall–Kier alpha value is -3.00. The van der Waals surface area contributed by atoms with E-state index in [0.717, 1.165) is 62.0 Å². The summed E-state index contributed by atoms with van der Waals surface area (Å²) >= 11 is 0. The standard InChI is InChI=1S/C26H29FN4O3/c27-18-4-7-21-22(11-18)30-26(29-21)16-3-8-24(28-13-16)31-14-17-10-19(31)12-23(17)34-20-5-1-15(2-6-20)9-25(32)33/h3-4,7-8,11,13,15,17,19-20,23H,1-2,5-6,9-10,12,14H2,(H,29,30)(H,32,33)/t15?,17-,19-,20?,23?/m1/s1. The van der Waals surface area contributed by atoms with Crippen LogP contribution < -0.4 is 4.90 Å². The van der Waals surface area contributed by atoms with Gasteiger partial charge in [-0.25, -0.2) is 14.4 Å². The highest BCUT2D eigenvalue weighted by molar-refractivity contribution is 5.79. The number of carboxylic acid groups (broad SMARTS) is 1. The van der Waals surface area contributed by atoms with Crippen LogP contribution in [0.25, 0.3) is 22.4 Å². The Labute approximate surface area is 197 Å². The number of halogens is 1. The molecule has 2 N–H and O–H groups in total. The number of rotatable bonds is 6. The number of benzene rings is 1. The molecule has 6 rings (SSSR count). The summed E-state index contributed by atoms with van der Waals surface area (Å²) in [6, 6.07) is 9.06. The molecule has 0 spiro atoms. The number of aromatic amines is 1. The van der Waals surface area contributed by atoms with Crippen molar-refractivity contribution in [1.82, 2.24) is 15.0 Å². The molecule has 8 heteroatoms. The molecule has 2 bridgehead atoms. The maximum atomic E-state index is 13.5.